The molecule has 0 spiro atoms. The molecule has 0 aliphatic carbocycles. The first-order chi connectivity index (χ1) is 25.2. The van der Waals surface area contributed by atoms with Crippen molar-refractivity contribution in [1.82, 2.24) is 10.6 Å². The summed E-state index contributed by atoms with van der Waals surface area (Å²) in [6, 6.07) is 26.3. The molecule has 0 radical (unpaired) electrons. The zero-order valence-electron chi connectivity index (χ0n) is 31.1. The van der Waals surface area contributed by atoms with E-state index in [4.69, 9.17) is 28.4 Å². The maximum atomic E-state index is 13.2. The van der Waals surface area contributed by atoms with Gasteiger partial charge in [0.1, 0.15) is 13.2 Å². The Morgan fingerprint density at radius 1 is 0.660 bits per heavy atom. The molecule has 0 heterocycles. The molecule has 2 atom stereocenters. The second-order valence-corrected chi connectivity index (χ2v) is 13.3. The Bertz CT molecular complexity index is 1670. The van der Waals surface area contributed by atoms with Crippen LogP contribution in [0.5, 0.6) is 0 Å². The Kier molecular flexibility index (Phi) is 16.3. The first-order valence-corrected chi connectivity index (χ1v) is 17.1. The molecule has 0 saturated heterocycles. The van der Waals surface area contributed by atoms with E-state index in [2.05, 4.69) is 23.8 Å². The van der Waals surface area contributed by atoms with Crippen molar-refractivity contribution in [2.75, 3.05) is 26.4 Å². The summed E-state index contributed by atoms with van der Waals surface area (Å²) in [6.45, 7) is 15.8. The Morgan fingerprint density at radius 2 is 1.09 bits per heavy atom. The number of hydrogen-bond donors (Lipinski definition) is 2. The fourth-order valence-electron chi connectivity index (χ4n) is 4.84. The molecule has 0 saturated carbocycles. The van der Waals surface area contributed by atoms with Crippen molar-refractivity contribution in [2.24, 2.45) is 0 Å². The van der Waals surface area contributed by atoms with Crippen LogP contribution in [0, 0.1) is 0 Å². The lowest BCUT2D eigenvalue weighted by molar-refractivity contribution is -0.143. The van der Waals surface area contributed by atoms with Gasteiger partial charge in [0.05, 0.1) is 37.5 Å². The van der Waals surface area contributed by atoms with Crippen LogP contribution < -0.4 is 10.6 Å². The van der Waals surface area contributed by atoms with Gasteiger partial charge in [-0.05, 0) is 56.9 Å². The predicted octanol–water partition coefficient (Wildman–Crippen LogP) is 6.63. The smallest absolute Gasteiger partial charge is 0.408 e. The van der Waals surface area contributed by atoms with Crippen LogP contribution in [0.2, 0.25) is 0 Å². The number of amides is 2. The van der Waals surface area contributed by atoms with Gasteiger partial charge in [-0.3, -0.25) is 0 Å². The number of alkyl carbamates (subject to hydrolysis) is 2. The molecular formula is C41H50N2O10. The average Bonchev–Trinajstić information content (AvgIpc) is 3.12. The van der Waals surface area contributed by atoms with E-state index in [-0.39, 0.29) is 45.2 Å². The third-order valence-corrected chi connectivity index (χ3v) is 7.84. The van der Waals surface area contributed by atoms with Gasteiger partial charge in [0, 0.05) is 11.6 Å². The Balaban J connectivity index is 1.63. The first kappa shape index (κ1) is 42.0. The van der Waals surface area contributed by atoms with E-state index in [0.29, 0.717) is 11.1 Å². The molecule has 53 heavy (non-hydrogen) atoms. The van der Waals surface area contributed by atoms with Gasteiger partial charge in [-0.25, -0.2) is 19.2 Å². The second kappa shape index (κ2) is 20.5. The van der Waals surface area contributed by atoms with Crippen LogP contribution in [0.15, 0.2) is 110 Å². The van der Waals surface area contributed by atoms with Gasteiger partial charge in [0.2, 0.25) is 0 Å². The minimum absolute atomic E-state index is 0.0189. The lowest BCUT2D eigenvalue weighted by Gasteiger charge is -2.31. The van der Waals surface area contributed by atoms with Gasteiger partial charge in [-0.1, -0.05) is 98.1 Å². The van der Waals surface area contributed by atoms with Crippen LogP contribution >= 0.6 is 0 Å². The van der Waals surface area contributed by atoms with Crippen molar-refractivity contribution < 1.29 is 47.6 Å². The number of ether oxygens (including phenoxy) is 6. The number of hydrogen-bond acceptors (Lipinski definition) is 10. The third-order valence-electron chi connectivity index (χ3n) is 7.84. The summed E-state index contributed by atoms with van der Waals surface area (Å²) in [5.41, 5.74) is 1.63. The monoisotopic (exact) mass is 730 g/mol. The molecule has 3 aromatic rings. The van der Waals surface area contributed by atoms with Crippen molar-refractivity contribution in [1.29, 1.82) is 0 Å². The van der Waals surface area contributed by atoms with Crippen LogP contribution in [0.1, 0.15) is 56.9 Å². The van der Waals surface area contributed by atoms with Crippen LogP contribution in [0.4, 0.5) is 9.59 Å². The number of esters is 2. The minimum Gasteiger partial charge on any atom is -0.458 e. The summed E-state index contributed by atoms with van der Waals surface area (Å²) in [5, 5.41) is 5.75. The molecule has 284 valence electrons. The topological polar surface area (TPSA) is 148 Å². The molecular weight excluding hydrogens is 680 g/mol. The average molecular weight is 731 g/mol. The Morgan fingerprint density at radius 3 is 1.51 bits per heavy atom. The first-order valence-electron chi connectivity index (χ1n) is 17.1. The molecule has 0 aliphatic rings. The molecule has 0 bridgehead atoms. The van der Waals surface area contributed by atoms with E-state index in [0.717, 1.165) is 17.2 Å². The van der Waals surface area contributed by atoms with Crippen molar-refractivity contribution in [2.45, 2.75) is 71.1 Å². The van der Waals surface area contributed by atoms with Gasteiger partial charge in [0.15, 0.2) is 12.2 Å². The molecule has 0 aliphatic heterocycles. The van der Waals surface area contributed by atoms with E-state index >= 15 is 0 Å². The number of benzene rings is 3. The van der Waals surface area contributed by atoms with Crippen LogP contribution in [0.3, 0.4) is 0 Å². The summed E-state index contributed by atoms with van der Waals surface area (Å²) < 4.78 is 33.2. The second-order valence-electron chi connectivity index (χ2n) is 13.3. The van der Waals surface area contributed by atoms with Gasteiger partial charge in [-0.15, -0.1) is 0 Å². The largest absolute Gasteiger partial charge is 0.458 e. The standard InChI is InChI=1S/C41H50N2O10/c1-8-36(44)50-27-34(25-48-23-30-16-11-9-12-17-30)52-38(46)42-40(4,5)32-20-15-21-33(22-32)41(6,7)43-39(47)53-35(28-51-37(45)29(2)3)26-49-24-31-18-13-10-14-19-31/h8-22,34-35H,1-2,23-28H2,3-7H3,(H,42,46)(H,43,47). The summed E-state index contributed by atoms with van der Waals surface area (Å²) in [5.74, 6) is -1.26. The molecule has 3 aromatic carbocycles. The highest BCUT2D eigenvalue weighted by atomic mass is 16.6. The van der Waals surface area contributed by atoms with Crippen LogP contribution in [0.25, 0.3) is 0 Å². The van der Waals surface area contributed by atoms with Crippen molar-refractivity contribution in [3.8, 4) is 0 Å². The summed E-state index contributed by atoms with van der Waals surface area (Å²) >= 11 is 0. The van der Waals surface area contributed by atoms with E-state index in [1.54, 1.807) is 33.8 Å². The predicted molar refractivity (Wildman–Crippen MR) is 198 cm³/mol. The Hall–Kier alpha value is -5.46. The van der Waals surface area contributed by atoms with Gasteiger partial charge >= 0.3 is 24.1 Å². The zero-order chi connectivity index (χ0) is 38.9. The van der Waals surface area contributed by atoms with Gasteiger partial charge in [-0.2, -0.15) is 0 Å². The molecule has 2 N–H and O–H groups in total. The summed E-state index contributed by atoms with van der Waals surface area (Å²) in [7, 11) is 0. The van der Waals surface area contributed by atoms with E-state index in [9.17, 15) is 19.2 Å². The van der Waals surface area contributed by atoms with Gasteiger partial charge < -0.3 is 39.1 Å². The number of carbonyl (C=O) groups excluding carboxylic acids is 4. The van der Waals surface area contributed by atoms with Crippen LogP contribution in [-0.2, 0) is 62.3 Å². The minimum atomic E-state index is -0.941. The third kappa shape index (κ3) is 15.0. The maximum absolute atomic E-state index is 13.2. The molecule has 0 fully saturated rings. The lowest BCUT2D eigenvalue weighted by Crippen LogP contribution is -2.45. The Labute approximate surface area is 311 Å². The number of rotatable bonds is 20. The number of nitrogens with one attached hydrogen (secondary N) is 2. The molecule has 12 heteroatoms. The molecule has 0 aromatic heterocycles. The summed E-state index contributed by atoms with van der Waals surface area (Å²) in [4.78, 5) is 50.1. The number of carbonyl (C=O) groups is 4. The highest BCUT2D eigenvalue weighted by molar-refractivity contribution is 5.87. The normalized spacial score (nSPS) is 12.4. The van der Waals surface area contributed by atoms with Crippen LogP contribution in [-0.4, -0.2) is 62.8 Å². The molecule has 2 amide bonds. The van der Waals surface area contributed by atoms with Crippen molar-refractivity contribution >= 4 is 24.1 Å². The lowest BCUT2D eigenvalue weighted by atomic mass is 9.87. The zero-order valence-corrected chi connectivity index (χ0v) is 31.1. The molecule has 12 nitrogen and oxygen atoms in total. The van der Waals surface area contributed by atoms with Crippen molar-refractivity contribution in [3.63, 3.8) is 0 Å². The fourth-order valence-corrected chi connectivity index (χ4v) is 4.84. The maximum Gasteiger partial charge on any atom is 0.408 e. The highest BCUT2D eigenvalue weighted by Crippen LogP contribution is 2.27. The van der Waals surface area contributed by atoms with Gasteiger partial charge in [0.25, 0.3) is 0 Å². The van der Waals surface area contributed by atoms with E-state index < -0.39 is 47.4 Å². The SMILES string of the molecule is C=CC(=O)OCC(COCc1ccccc1)OC(=O)NC(C)(C)c1cccc(C(C)(C)NC(=O)OC(COCc2ccccc2)COC(=O)C(=C)C)c1. The quantitative estimate of drug-likeness (QED) is 0.0738. The highest BCUT2D eigenvalue weighted by Gasteiger charge is 2.30. The van der Waals surface area contributed by atoms with E-state index in [1.165, 1.54) is 6.92 Å². The fraction of sp³-hybridized carbons (Fsp3) is 0.366. The summed E-state index contributed by atoms with van der Waals surface area (Å²) in [6.07, 6.45) is -2.27. The molecule has 3 rings (SSSR count). The molecule has 2 unspecified atom stereocenters. The van der Waals surface area contributed by atoms with E-state index in [1.807, 2.05) is 78.9 Å². The van der Waals surface area contributed by atoms with Crippen molar-refractivity contribution in [3.05, 3.63) is 132 Å².